The van der Waals surface area contributed by atoms with E-state index in [1.807, 2.05) is 6.92 Å². The van der Waals surface area contributed by atoms with E-state index in [0.29, 0.717) is 29.9 Å². The molecule has 0 radical (unpaired) electrons. The zero-order valence-corrected chi connectivity index (χ0v) is 11.1. The summed E-state index contributed by atoms with van der Waals surface area (Å²) in [4.78, 5) is 8.73. The molecule has 1 aromatic heterocycles. The SMILES string of the molecule is CCCOc1nc(CC(C)C)nc(NC)c1N. The standard InChI is InChI=1S/C12H22N4O/c1-5-6-17-12-10(13)11(14-4)15-9(16-12)7-8(2)3/h8H,5-7,13H2,1-4H3,(H,14,15,16). The minimum atomic E-state index is 0.480. The maximum absolute atomic E-state index is 5.92. The van der Waals surface area contributed by atoms with Crippen molar-refractivity contribution in [2.24, 2.45) is 5.92 Å². The number of nitrogens with two attached hydrogens (primary N) is 1. The van der Waals surface area contributed by atoms with Crippen LogP contribution in [0.4, 0.5) is 11.5 Å². The molecule has 3 N–H and O–H groups in total. The molecule has 0 saturated carbocycles. The highest BCUT2D eigenvalue weighted by Crippen LogP contribution is 2.26. The summed E-state index contributed by atoms with van der Waals surface area (Å²) < 4.78 is 5.53. The molecule has 0 atom stereocenters. The lowest BCUT2D eigenvalue weighted by Gasteiger charge is -2.13. The lowest BCUT2D eigenvalue weighted by molar-refractivity contribution is 0.305. The van der Waals surface area contributed by atoms with Gasteiger partial charge in [0.2, 0.25) is 5.88 Å². The lowest BCUT2D eigenvalue weighted by atomic mass is 10.1. The number of hydrogen-bond donors (Lipinski definition) is 2. The Morgan fingerprint density at radius 1 is 1.35 bits per heavy atom. The molecule has 0 amide bonds. The molecule has 0 bridgehead atoms. The van der Waals surface area contributed by atoms with Gasteiger partial charge in [0.05, 0.1) is 6.61 Å². The van der Waals surface area contributed by atoms with Gasteiger partial charge in [-0.25, -0.2) is 4.98 Å². The first-order valence-corrected chi connectivity index (χ1v) is 6.05. The summed E-state index contributed by atoms with van der Waals surface area (Å²) in [5, 5.41) is 2.97. The zero-order chi connectivity index (χ0) is 12.8. The Morgan fingerprint density at radius 3 is 2.59 bits per heavy atom. The number of rotatable bonds is 6. The van der Waals surface area contributed by atoms with Crippen LogP contribution in [0.15, 0.2) is 0 Å². The summed E-state index contributed by atoms with van der Waals surface area (Å²) >= 11 is 0. The minimum absolute atomic E-state index is 0.480. The zero-order valence-electron chi connectivity index (χ0n) is 11.1. The number of ether oxygens (including phenoxy) is 1. The maximum Gasteiger partial charge on any atom is 0.242 e. The van der Waals surface area contributed by atoms with E-state index >= 15 is 0 Å². The topological polar surface area (TPSA) is 73.1 Å². The van der Waals surface area contributed by atoms with Crippen molar-refractivity contribution in [3.63, 3.8) is 0 Å². The number of nitrogen functional groups attached to an aromatic ring is 1. The van der Waals surface area contributed by atoms with Crippen LogP contribution in [0, 0.1) is 5.92 Å². The van der Waals surface area contributed by atoms with Crippen molar-refractivity contribution >= 4 is 11.5 Å². The molecular formula is C12H22N4O. The van der Waals surface area contributed by atoms with Crippen molar-refractivity contribution < 1.29 is 4.74 Å². The molecule has 0 aromatic carbocycles. The average molecular weight is 238 g/mol. The molecule has 0 aliphatic carbocycles. The average Bonchev–Trinajstić information content (AvgIpc) is 2.28. The summed E-state index contributed by atoms with van der Waals surface area (Å²) in [6.45, 7) is 6.92. The largest absolute Gasteiger partial charge is 0.476 e. The van der Waals surface area contributed by atoms with Crippen molar-refractivity contribution in [3.8, 4) is 5.88 Å². The summed E-state index contributed by atoms with van der Waals surface area (Å²) in [6, 6.07) is 0. The highest BCUT2D eigenvalue weighted by atomic mass is 16.5. The molecule has 0 fully saturated rings. The monoisotopic (exact) mass is 238 g/mol. The molecule has 1 aromatic rings. The number of anilines is 2. The van der Waals surface area contributed by atoms with Gasteiger partial charge in [0.25, 0.3) is 0 Å². The third kappa shape index (κ3) is 3.76. The van der Waals surface area contributed by atoms with E-state index in [1.165, 1.54) is 0 Å². The molecule has 0 unspecified atom stereocenters. The van der Waals surface area contributed by atoms with Crippen LogP contribution in [0.25, 0.3) is 0 Å². The Morgan fingerprint density at radius 2 is 2.06 bits per heavy atom. The van der Waals surface area contributed by atoms with Crippen LogP contribution >= 0.6 is 0 Å². The summed E-state index contributed by atoms with van der Waals surface area (Å²) in [5.41, 5.74) is 6.40. The van der Waals surface area contributed by atoms with E-state index in [9.17, 15) is 0 Å². The molecule has 0 aliphatic rings. The Hall–Kier alpha value is -1.52. The fourth-order valence-corrected chi connectivity index (χ4v) is 1.45. The molecule has 0 aliphatic heterocycles. The summed E-state index contributed by atoms with van der Waals surface area (Å²) in [5.74, 6) is 2.40. The molecular weight excluding hydrogens is 216 g/mol. The summed E-state index contributed by atoms with van der Waals surface area (Å²) in [6.07, 6.45) is 1.75. The van der Waals surface area contributed by atoms with Gasteiger partial charge in [0.15, 0.2) is 5.82 Å². The van der Waals surface area contributed by atoms with Crippen molar-refractivity contribution in [3.05, 3.63) is 5.82 Å². The van der Waals surface area contributed by atoms with Crippen LogP contribution in [0.1, 0.15) is 33.0 Å². The molecule has 5 heteroatoms. The van der Waals surface area contributed by atoms with Gasteiger partial charge in [-0.3, -0.25) is 0 Å². The van der Waals surface area contributed by atoms with Crippen LogP contribution in [-0.2, 0) is 6.42 Å². The quantitative estimate of drug-likeness (QED) is 0.794. The Bertz CT molecular complexity index is 366. The second-order valence-electron chi connectivity index (χ2n) is 4.40. The third-order valence-corrected chi connectivity index (χ3v) is 2.23. The number of nitrogens with one attached hydrogen (secondary N) is 1. The second-order valence-corrected chi connectivity index (χ2v) is 4.40. The van der Waals surface area contributed by atoms with Crippen molar-refractivity contribution in [1.29, 1.82) is 0 Å². The van der Waals surface area contributed by atoms with E-state index in [4.69, 9.17) is 10.5 Å². The maximum atomic E-state index is 5.92. The van der Waals surface area contributed by atoms with Gasteiger partial charge >= 0.3 is 0 Å². The smallest absolute Gasteiger partial charge is 0.242 e. The van der Waals surface area contributed by atoms with E-state index in [1.54, 1.807) is 7.05 Å². The van der Waals surface area contributed by atoms with Gasteiger partial charge in [0.1, 0.15) is 11.5 Å². The van der Waals surface area contributed by atoms with Gasteiger partial charge in [-0.05, 0) is 12.3 Å². The van der Waals surface area contributed by atoms with Gasteiger partial charge in [-0.2, -0.15) is 4.98 Å². The Labute approximate surface area is 103 Å². The second kappa shape index (κ2) is 6.27. The Balaban J connectivity index is 3.00. The number of hydrogen-bond acceptors (Lipinski definition) is 5. The lowest BCUT2D eigenvalue weighted by Crippen LogP contribution is -2.10. The van der Waals surface area contributed by atoms with Gasteiger partial charge < -0.3 is 15.8 Å². The van der Waals surface area contributed by atoms with Crippen LogP contribution in [0.2, 0.25) is 0 Å². The molecule has 5 nitrogen and oxygen atoms in total. The van der Waals surface area contributed by atoms with Crippen molar-refractivity contribution in [2.45, 2.75) is 33.6 Å². The van der Waals surface area contributed by atoms with E-state index in [2.05, 4.69) is 29.1 Å². The molecule has 0 spiro atoms. The van der Waals surface area contributed by atoms with Crippen LogP contribution < -0.4 is 15.8 Å². The third-order valence-electron chi connectivity index (χ3n) is 2.23. The van der Waals surface area contributed by atoms with Crippen LogP contribution in [0.5, 0.6) is 5.88 Å². The first-order valence-electron chi connectivity index (χ1n) is 6.05. The molecule has 96 valence electrons. The number of nitrogens with zero attached hydrogens (tertiary/aromatic N) is 2. The fourth-order valence-electron chi connectivity index (χ4n) is 1.45. The predicted molar refractivity (Wildman–Crippen MR) is 70.3 cm³/mol. The van der Waals surface area contributed by atoms with Crippen LogP contribution in [-0.4, -0.2) is 23.6 Å². The van der Waals surface area contributed by atoms with Crippen molar-refractivity contribution in [1.82, 2.24) is 9.97 Å². The molecule has 1 heterocycles. The van der Waals surface area contributed by atoms with E-state index < -0.39 is 0 Å². The molecule has 1 rings (SSSR count). The minimum Gasteiger partial charge on any atom is -0.476 e. The van der Waals surface area contributed by atoms with E-state index in [-0.39, 0.29) is 0 Å². The first-order chi connectivity index (χ1) is 8.08. The predicted octanol–water partition coefficient (Wildman–Crippen LogP) is 2.09. The van der Waals surface area contributed by atoms with Gasteiger partial charge in [0, 0.05) is 13.5 Å². The normalized spacial score (nSPS) is 10.6. The highest BCUT2D eigenvalue weighted by Gasteiger charge is 2.12. The van der Waals surface area contributed by atoms with E-state index in [0.717, 1.165) is 18.7 Å². The fraction of sp³-hybridized carbons (Fsp3) is 0.667. The molecule has 0 saturated heterocycles. The Kier molecular flexibility index (Phi) is 5.00. The summed E-state index contributed by atoms with van der Waals surface area (Å²) in [7, 11) is 1.79. The molecule has 17 heavy (non-hydrogen) atoms. The first kappa shape index (κ1) is 13.5. The van der Waals surface area contributed by atoms with Gasteiger partial charge in [-0.1, -0.05) is 20.8 Å². The highest BCUT2D eigenvalue weighted by molar-refractivity contribution is 5.66. The number of aromatic nitrogens is 2. The van der Waals surface area contributed by atoms with Crippen molar-refractivity contribution in [2.75, 3.05) is 24.7 Å². The van der Waals surface area contributed by atoms with Crippen LogP contribution in [0.3, 0.4) is 0 Å². The van der Waals surface area contributed by atoms with Gasteiger partial charge in [-0.15, -0.1) is 0 Å².